The highest BCUT2D eigenvalue weighted by Crippen LogP contribution is 2.17. The Labute approximate surface area is 149 Å². The molecule has 0 aliphatic carbocycles. The molecule has 0 saturated carbocycles. The van der Waals surface area contributed by atoms with Gasteiger partial charge < -0.3 is 4.57 Å². The third kappa shape index (κ3) is 2.67. The van der Waals surface area contributed by atoms with Crippen molar-refractivity contribution in [2.24, 2.45) is 7.05 Å². The second-order valence-corrected chi connectivity index (χ2v) is 5.88. The van der Waals surface area contributed by atoms with Crippen LogP contribution in [-0.4, -0.2) is 20.0 Å². The molecule has 0 fully saturated rings. The first-order chi connectivity index (χ1) is 12.6. The maximum atomic E-state index is 12.8. The van der Waals surface area contributed by atoms with Gasteiger partial charge >= 0.3 is 0 Å². The Balaban J connectivity index is 1.76. The van der Waals surface area contributed by atoms with E-state index in [9.17, 15) is 9.59 Å². The molecule has 0 spiro atoms. The van der Waals surface area contributed by atoms with Gasteiger partial charge in [-0.1, -0.05) is 24.3 Å². The number of para-hydroxylation sites is 2. The summed E-state index contributed by atoms with van der Waals surface area (Å²) in [6.45, 7) is 0. The number of carbonyl (C=O) groups excluding carboxylic acids is 1. The summed E-state index contributed by atoms with van der Waals surface area (Å²) >= 11 is 0. The zero-order valence-corrected chi connectivity index (χ0v) is 14.1. The van der Waals surface area contributed by atoms with E-state index in [0.717, 1.165) is 5.69 Å². The van der Waals surface area contributed by atoms with Crippen molar-refractivity contribution in [1.82, 2.24) is 14.1 Å². The molecule has 2 heterocycles. The summed E-state index contributed by atoms with van der Waals surface area (Å²) in [5.74, 6) is -0.118. The topological polar surface area (TPSA) is 68.9 Å². The van der Waals surface area contributed by atoms with Crippen molar-refractivity contribution in [3.05, 3.63) is 89.0 Å². The smallest absolute Gasteiger partial charge is 0.262 e. The van der Waals surface area contributed by atoms with Crippen LogP contribution in [0.3, 0.4) is 0 Å². The van der Waals surface area contributed by atoms with E-state index in [4.69, 9.17) is 0 Å². The Morgan fingerprint density at radius 3 is 2.46 bits per heavy atom. The minimum Gasteiger partial charge on any atom is -0.323 e. The van der Waals surface area contributed by atoms with E-state index in [0.29, 0.717) is 16.5 Å². The van der Waals surface area contributed by atoms with Crippen LogP contribution in [0.1, 0.15) is 10.4 Å². The molecule has 0 radical (unpaired) electrons. The molecule has 4 aromatic rings. The van der Waals surface area contributed by atoms with Crippen LogP contribution in [0.5, 0.6) is 0 Å². The van der Waals surface area contributed by atoms with E-state index in [1.54, 1.807) is 37.4 Å². The summed E-state index contributed by atoms with van der Waals surface area (Å²) in [4.78, 5) is 29.8. The maximum Gasteiger partial charge on any atom is 0.262 e. The van der Waals surface area contributed by atoms with Crippen molar-refractivity contribution in [3.8, 4) is 5.69 Å². The minimum absolute atomic E-state index is 0.204. The second kappa shape index (κ2) is 6.33. The first kappa shape index (κ1) is 15.8. The number of fused-ring (bicyclic) bond motifs is 1. The van der Waals surface area contributed by atoms with Crippen molar-refractivity contribution in [1.29, 1.82) is 0 Å². The molecule has 2 aromatic heterocycles. The number of nitrogens with one attached hydrogen (secondary N) is 1. The second-order valence-electron chi connectivity index (χ2n) is 5.88. The summed E-state index contributed by atoms with van der Waals surface area (Å²) in [7, 11) is 1.59. The molecule has 2 aromatic carbocycles. The van der Waals surface area contributed by atoms with Gasteiger partial charge in [-0.2, -0.15) is 0 Å². The molecule has 128 valence electrons. The van der Waals surface area contributed by atoms with Gasteiger partial charge in [-0.05, 0) is 36.4 Å². The third-order valence-electron chi connectivity index (χ3n) is 4.24. The average molecular weight is 344 g/mol. The molecular weight excluding hydrogens is 328 g/mol. The van der Waals surface area contributed by atoms with Crippen LogP contribution in [0.4, 0.5) is 5.95 Å². The van der Waals surface area contributed by atoms with Crippen molar-refractivity contribution in [2.75, 3.05) is 5.32 Å². The Morgan fingerprint density at radius 1 is 0.962 bits per heavy atom. The molecule has 6 heteroatoms. The molecule has 0 aliphatic rings. The lowest BCUT2D eigenvalue weighted by molar-refractivity contribution is 0.102. The Kier molecular flexibility index (Phi) is 3.85. The van der Waals surface area contributed by atoms with Gasteiger partial charge in [-0.15, -0.1) is 0 Å². The Morgan fingerprint density at radius 2 is 1.65 bits per heavy atom. The predicted octanol–water partition coefficient (Wildman–Crippen LogP) is 2.98. The minimum atomic E-state index is -0.327. The van der Waals surface area contributed by atoms with Crippen LogP contribution in [0.15, 0.2) is 77.9 Å². The number of anilines is 1. The van der Waals surface area contributed by atoms with Gasteiger partial charge in [0.2, 0.25) is 5.95 Å². The van der Waals surface area contributed by atoms with Gasteiger partial charge in [0.15, 0.2) is 0 Å². The molecule has 0 unspecified atom stereocenters. The quantitative estimate of drug-likeness (QED) is 0.621. The molecule has 4 rings (SSSR count). The summed E-state index contributed by atoms with van der Waals surface area (Å²) in [6.07, 6.45) is 3.74. The van der Waals surface area contributed by atoms with Crippen molar-refractivity contribution < 1.29 is 4.79 Å². The lowest BCUT2D eigenvalue weighted by Crippen LogP contribution is -2.25. The fourth-order valence-corrected chi connectivity index (χ4v) is 2.88. The molecule has 0 bridgehead atoms. The molecule has 1 N–H and O–H groups in total. The Bertz CT molecular complexity index is 1160. The van der Waals surface area contributed by atoms with Crippen LogP contribution in [0, 0.1) is 0 Å². The summed E-state index contributed by atoms with van der Waals surface area (Å²) in [5.41, 5.74) is 1.58. The highest BCUT2D eigenvalue weighted by molar-refractivity contribution is 6.06. The number of hydrogen-bond acceptors (Lipinski definition) is 3. The van der Waals surface area contributed by atoms with Gasteiger partial charge in [0.25, 0.3) is 11.5 Å². The van der Waals surface area contributed by atoms with Gasteiger partial charge in [-0.25, -0.2) is 4.98 Å². The van der Waals surface area contributed by atoms with Crippen molar-refractivity contribution in [2.45, 2.75) is 0 Å². The molecule has 26 heavy (non-hydrogen) atoms. The average Bonchev–Trinajstić information content (AvgIpc) is 3.20. The number of benzene rings is 2. The van der Waals surface area contributed by atoms with Crippen LogP contribution in [0.2, 0.25) is 0 Å². The first-order valence-electron chi connectivity index (χ1n) is 8.14. The number of carbonyl (C=O) groups is 1. The number of hydrogen-bond donors (Lipinski definition) is 1. The van der Waals surface area contributed by atoms with Gasteiger partial charge in [-0.3, -0.25) is 19.5 Å². The molecule has 1 amide bonds. The number of nitrogens with zero attached hydrogens (tertiary/aromatic N) is 3. The van der Waals surface area contributed by atoms with Crippen LogP contribution in [0.25, 0.3) is 16.6 Å². The maximum absolute atomic E-state index is 12.8. The first-order valence-corrected chi connectivity index (χ1v) is 8.14. The van der Waals surface area contributed by atoms with Gasteiger partial charge in [0.05, 0.1) is 22.2 Å². The highest BCUT2D eigenvalue weighted by atomic mass is 16.2. The fourth-order valence-electron chi connectivity index (χ4n) is 2.88. The van der Waals surface area contributed by atoms with Gasteiger partial charge in [0, 0.05) is 19.4 Å². The monoisotopic (exact) mass is 344 g/mol. The molecule has 0 saturated heterocycles. The Hall–Kier alpha value is -3.67. The molecule has 0 atom stereocenters. The molecule has 0 aliphatic heterocycles. The summed E-state index contributed by atoms with van der Waals surface area (Å²) in [6, 6.07) is 18.1. The van der Waals surface area contributed by atoms with Crippen LogP contribution in [-0.2, 0) is 7.05 Å². The number of rotatable bonds is 3. The van der Waals surface area contributed by atoms with E-state index >= 15 is 0 Å². The lowest BCUT2D eigenvalue weighted by Gasteiger charge is -2.13. The SMILES string of the molecule is Cn1c(NC(=O)c2ccccc2-n2cccc2)nc2ccccc2c1=O. The van der Waals surface area contributed by atoms with Crippen LogP contribution >= 0.6 is 0 Å². The number of aromatic nitrogens is 3. The van der Waals surface area contributed by atoms with E-state index in [2.05, 4.69) is 10.3 Å². The van der Waals surface area contributed by atoms with E-state index in [-0.39, 0.29) is 17.4 Å². The van der Waals surface area contributed by atoms with Crippen LogP contribution < -0.4 is 10.9 Å². The molecular formula is C20H16N4O2. The van der Waals surface area contributed by atoms with Crippen molar-refractivity contribution in [3.63, 3.8) is 0 Å². The van der Waals surface area contributed by atoms with Gasteiger partial charge in [0.1, 0.15) is 0 Å². The molecule has 6 nitrogen and oxygen atoms in total. The van der Waals surface area contributed by atoms with E-state index in [1.807, 2.05) is 47.3 Å². The zero-order chi connectivity index (χ0) is 18.1. The summed E-state index contributed by atoms with van der Waals surface area (Å²) in [5, 5.41) is 3.28. The lowest BCUT2D eigenvalue weighted by atomic mass is 10.1. The normalized spacial score (nSPS) is 10.8. The fraction of sp³-hybridized carbons (Fsp3) is 0.0500. The van der Waals surface area contributed by atoms with Crippen molar-refractivity contribution >= 4 is 22.8 Å². The highest BCUT2D eigenvalue weighted by Gasteiger charge is 2.15. The van der Waals surface area contributed by atoms with E-state index in [1.165, 1.54) is 4.57 Å². The summed E-state index contributed by atoms with van der Waals surface area (Å²) < 4.78 is 3.21. The number of amides is 1. The predicted molar refractivity (Wildman–Crippen MR) is 101 cm³/mol. The zero-order valence-electron chi connectivity index (χ0n) is 14.1. The third-order valence-corrected chi connectivity index (χ3v) is 4.24. The van der Waals surface area contributed by atoms with E-state index < -0.39 is 0 Å². The standard InChI is InChI=1S/C20H16N4O2/c1-23-19(26)14-8-2-4-10-16(14)21-20(23)22-18(25)15-9-3-5-11-17(15)24-12-6-7-13-24/h2-13H,1H3,(H,21,22,25). The largest absolute Gasteiger partial charge is 0.323 e.